The lowest BCUT2D eigenvalue weighted by molar-refractivity contribution is 0.00345. The first-order chi connectivity index (χ1) is 8.79. The van der Waals surface area contributed by atoms with Crippen molar-refractivity contribution in [1.82, 2.24) is 15.2 Å². The van der Waals surface area contributed by atoms with Crippen LogP contribution in [0.1, 0.15) is 45.4 Å². The number of nitrogens with zero attached hydrogens (tertiary/aromatic N) is 2. The second-order valence-corrected chi connectivity index (χ2v) is 6.00. The van der Waals surface area contributed by atoms with Gasteiger partial charge in [0.05, 0.1) is 12.7 Å². The lowest BCUT2D eigenvalue weighted by Gasteiger charge is -2.28. The summed E-state index contributed by atoms with van der Waals surface area (Å²) < 4.78 is 5.96. The maximum absolute atomic E-state index is 5.96. The van der Waals surface area contributed by atoms with E-state index in [0.717, 1.165) is 35.7 Å². The highest BCUT2D eigenvalue weighted by atomic mass is 32.2. The summed E-state index contributed by atoms with van der Waals surface area (Å²) >= 11 is 1.67. The van der Waals surface area contributed by atoms with Crippen molar-refractivity contribution in [1.29, 1.82) is 0 Å². The summed E-state index contributed by atoms with van der Waals surface area (Å²) in [6.45, 7) is 5.18. The molecular formula is C13H23N3OS. The third-order valence-corrected chi connectivity index (χ3v) is 4.34. The van der Waals surface area contributed by atoms with Gasteiger partial charge in [0.2, 0.25) is 5.16 Å². The van der Waals surface area contributed by atoms with Crippen LogP contribution in [0.25, 0.3) is 0 Å². The number of hydrogen-bond donors (Lipinski definition) is 1. The second-order valence-electron chi connectivity index (χ2n) is 4.94. The quantitative estimate of drug-likeness (QED) is 0.637. The predicted molar refractivity (Wildman–Crippen MR) is 73.9 cm³/mol. The SMILES string of the molecule is CCc1nc(SCCO[C@@H]2CCCC[C@H]2C)n[nH]1. The van der Waals surface area contributed by atoms with Gasteiger partial charge in [0.1, 0.15) is 5.82 Å². The van der Waals surface area contributed by atoms with Crippen molar-refractivity contribution in [3.05, 3.63) is 5.82 Å². The van der Waals surface area contributed by atoms with Gasteiger partial charge in [-0.2, -0.15) is 0 Å². The van der Waals surface area contributed by atoms with Gasteiger partial charge in [-0.15, -0.1) is 5.10 Å². The Morgan fingerprint density at radius 1 is 1.39 bits per heavy atom. The van der Waals surface area contributed by atoms with Crippen LogP contribution in [-0.2, 0) is 11.2 Å². The van der Waals surface area contributed by atoms with Gasteiger partial charge < -0.3 is 4.74 Å². The van der Waals surface area contributed by atoms with Crippen LogP contribution in [-0.4, -0.2) is 33.6 Å². The molecule has 0 saturated heterocycles. The summed E-state index contributed by atoms with van der Waals surface area (Å²) in [5, 5.41) is 7.93. The minimum Gasteiger partial charge on any atom is -0.377 e. The van der Waals surface area contributed by atoms with Gasteiger partial charge in [-0.1, -0.05) is 38.5 Å². The van der Waals surface area contributed by atoms with E-state index in [4.69, 9.17) is 4.74 Å². The summed E-state index contributed by atoms with van der Waals surface area (Å²) in [6, 6.07) is 0. The molecule has 1 aromatic rings. The average Bonchev–Trinajstić information content (AvgIpc) is 2.84. The van der Waals surface area contributed by atoms with Gasteiger partial charge in [-0.3, -0.25) is 5.10 Å². The minimum absolute atomic E-state index is 0.470. The normalized spacial score (nSPS) is 24.3. The van der Waals surface area contributed by atoms with E-state index in [2.05, 4.69) is 29.0 Å². The molecule has 1 aliphatic carbocycles. The molecule has 0 amide bonds. The molecule has 5 heteroatoms. The number of nitrogens with one attached hydrogen (secondary N) is 1. The molecule has 1 saturated carbocycles. The van der Waals surface area contributed by atoms with Crippen molar-refractivity contribution < 1.29 is 4.74 Å². The monoisotopic (exact) mass is 269 g/mol. The van der Waals surface area contributed by atoms with Crippen LogP contribution in [0.15, 0.2) is 5.16 Å². The lowest BCUT2D eigenvalue weighted by Crippen LogP contribution is -2.26. The van der Waals surface area contributed by atoms with Gasteiger partial charge in [0, 0.05) is 12.2 Å². The van der Waals surface area contributed by atoms with Crippen LogP contribution in [0.3, 0.4) is 0 Å². The number of H-pyrrole nitrogens is 1. The number of aromatic amines is 1. The standard InChI is InChI=1S/C13H23N3OS/c1-3-12-14-13(16-15-12)18-9-8-17-11-7-5-4-6-10(11)2/h10-11H,3-9H2,1-2H3,(H,14,15,16)/t10-,11-/m1/s1. The molecule has 1 heterocycles. The van der Waals surface area contributed by atoms with E-state index >= 15 is 0 Å². The maximum atomic E-state index is 5.96. The first-order valence-electron chi connectivity index (χ1n) is 6.95. The number of ether oxygens (including phenoxy) is 1. The molecule has 0 radical (unpaired) electrons. The van der Waals surface area contributed by atoms with E-state index in [9.17, 15) is 0 Å². The molecule has 102 valence electrons. The summed E-state index contributed by atoms with van der Waals surface area (Å²) in [6.07, 6.45) is 6.61. The third kappa shape index (κ3) is 3.99. The van der Waals surface area contributed by atoms with Crippen LogP contribution in [0, 0.1) is 5.92 Å². The second kappa shape index (κ2) is 7.14. The van der Waals surface area contributed by atoms with Crippen LogP contribution in [0.2, 0.25) is 0 Å². The molecule has 1 aromatic heterocycles. The molecule has 0 bridgehead atoms. The Balaban J connectivity index is 1.63. The molecule has 2 rings (SSSR count). The van der Waals surface area contributed by atoms with Crippen molar-refractivity contribution in [2.24, 2.45) is 5.92 Å². The van der Waals surface area contributed by atoms with E-state index in [1.807, 2.05) is 0 Å². The Hall–Kier alpha value is -0.550. The van der Waals surface area contributed by atoms with Crippen molar-refractivity contribution in [2.75, 3.05) is 12.4 Å². The molecule has 1 aliphatic rings. The van der Waals surface area contributed by atoms with Crippen molar-refractivity contribution >= 4 is 11.8 Å². The first kappa shape index (κ1) is 13.9. The highest BCUT2D eigenvalue weighted by Crippen LogP contribution is 2.26. The van der Waals surface area contributed by atoms with Gasteiger partial charge in [0.25, 0.3) is 0 Å². The Labute approximate surface area is 113 Å². The van der Waals surface area contributed by atoms with Crippen LogP contribution in [0.4, 0.5) is 0 Å². The molecular weight excluding hydrogens is 246 g/mol. The lowest BCUT2D eigenvalue weighted by atomic mass is 9.88. The highest BCUT2D eigenvalue weighted by molar-refractivity contribution is 7.99. The molecule has 18 heavy (non-hydrogen) atoms. The topological polar surface area (TPSA) is 50.8 Å². The summed E-state index contributed by atoms with van der Waals surface area (Å²) in [5.74, 6) is 2.61. The largest absolute Gasteiger partial charge is 0.377 e. The Morgan fingerprint density at radius 2 is 2.22 bits per heavy atom. The summed E-state index contributed by atoms with van der Waals surface area (Å²) in [5.41, 5.74) is 0. The Kier molecular flexibility index (Phi) is 5.50. The first-order valence-corrected chi connectivity index (χ1v) is 7.94. The number of thioether (sulfide) groups is 1. The fourth-order valence-electron chi connectivity index (χ4n) is 2.36. The average molecular weight is 269 g/mol. The summed E-state index contributed by atoms with van der Waals surface area (Å²) in [4.78, 5) is 4.37. The smallest absolute Gasteiger partial charge is 0.208 e. The van der Waals surface area contributed by atoms with E-state index in [0.29, 0.717) is 6.10 Å². The molecule has 0 spiro atoms. The fraction of sp³-hybridized carbons (Fsp3) is 0.846. The molecule has 0 unspecified atom stereocenters. The van der Waals surface area contributed by atoms with Gasteiger partial charge in [0.15, 0.2) is 0 Å². The Morgan fingerprint density at radius 3 is 2.94 bits per heavy atom. The molecule has 0 aliphatic heterocycles. The number of rotatable bonds is 6. The zero-order chi connectivity index (χ0) is 12.8. The summed E-state index contributed by atoms with van der Waals surface area (Å²) in [7, 11) is 0. The van der Waals surface area contributed by atoms with Gasteiger partial charge in [-0.25, -0.2) is 4.98 Å². The van der Waals surface area contributed by atoms with E-state index in [1.54, 1.807) is 11.8 Å². The fourth-order valence-corrected chi connectivity index (χ4v) is 3.01. The molecule has 1 fully saturated rings. The highest BCUT2D eigenvalue weighted by Gasteiger charge is 2.21. The van der Waals surface area contributed by atoms with Crippen LogP contribution in [0.5, 0.6) is 0 Å². The van der Waals surface area contributed by atoms with Crippen molar-refractivity contribution in [3.63, 3.8) is 0 Å². The zero-order valence-electron chi connectivity index (χ0n) is 11.3. The van der Waals surface area contributed by atoms with Crippen LogP contribution < -0.4 is 0 Å². The zero-order valence-corrected chi connectivity index (χ0v) is 12.1. The molecule has 0 aromatic carbocycles. The molecule has 4 nitrogen and oxygen atoms in total. The van der Waals surface area contributed by atoms with Gasteiger partial charge in [-0.05, 0) is 18.8 Å². The predicted octanol–water partition coefficient (Wildman–Crippen LogP) is 3.05. The van der Waals surface area contributed by atoms with E-state index < -0.39 is 0 Å². The number of aryl methyl sites for hydroxylation is 1. The van der Waals surface area contributed by atoms with E-state index in [-0.39, 0.29) is 0 Å². The molecule has 1 N–H and O–H groups in total. The maximum Gasteiger partial charge on any atom is 0.208 e. The Bertz CT molecular complexity index is 356. The van der Waals surface area contributed by atoms with Gasteiger partial charge >= 0.3 is 0 Å². The number of aromatic nitrogens is 3. The van der Waals surface area contributed by atoms with Crippen LogP contribution >= 0.6 is 11.8 Å². The van der Waals surface area contributed by atoms with Crippen molar-refractivity contribution in [3.8, 4) is 0 Å². The number of hydrogen-bond acceptors (Lipinski definition) is 4. The third-order valence-electron chi connectivity index (χ3n) is 3.53. The molecule has 2 atom stereocenters. The minimum atomic E-state index is 0.470. The van der Waals surface area contributed by atoms with E-state index in [1.165, 1.54) is 25.7 Å². The van der Waals surface area contributed by atoms with Crippen molar-refractivity contribution in [2.45, 2.75) is 57.2 Å².